The minimum atomic E-state index is -4.51. The van der Waals surface area contributed by atoms with E-state index in [1.807, 2.05) is 6.07 Å². The standard InChI is InChI=1S/C27H19Cl2F3N6OS2/c28-19-5-4-16(21(29)13-19)8-11-34-25(39)22-14-40-23(35-22)15-41-26-37-36-24(17-6-9-33-10-7-17)38(26)20-3-1-2-18(12-20)27(30,31)32/h1-7,9-10,12-14H,8,11,15H2,(H,34,39). The first-order chi connectivity index (χ1) is 19.7. The van der Waals surface area contributed by atoms with Crippen LogP contribution in [-0.2, 0) is 18.3 Å². The number of hydrogen-bond acceptors (Lipinski definition) is 7. The topological polar surface area (TPSA) is 85.6 Å². The summed E-state index contributed by atoms with van der Waals surface area (Å²) in [4.78, 5) is 21.0. The maximum absolute atomic E-state index is 13.5. The lowest BCUT2D eigenvalue weighted by Gasteiger charge is -2.13. The first-order valence-corrected chi connectivity index (χ1v) is 14.6. The molecule has 0 fully saturated rings. The quantitative estimate of drug-likeness (QED) is 0.170. The summed E-state index contributed by atoms with van der Waals surface area (Å²) >= 11 is 14.7. The number of thioether (sulfide) groups is 1. The molecule has 14 heteroatoms. The molecule has 1 N–H and O–H groups in total. The number of nitrogens with one attached hydrogen (secondary N) is 1. The molecule has 1 amide bonds. The van der Waals surface area contributed by atoms with Crippen molar-refractivity contribution in [2.45, 2.75) is 23.5 Å². The van der Waals surface area contributed by atoms with Gasteiger partial charge in [-0.15, -0.1) is 21.5 Å². The molecule has 0 atom stereocenters. The van der Waals surface area contributed by atoms with E-state index in [1.165, 1.54) is 29.2 Å². The Hall–Kier alpha value is -3.45. The zero-order chi connectivity index (χ0) is 29.0. The smallest absolute Gasteiger partial charge is 0.350 e. The van der Waals surface area contributed by atoms with Gasteiger partial charge in [0.25, 0.3) is 5.91 Å². The molecule has 0 aliphatic carbocycles. The third-order valence-corrected chi connectivity index (χ3v) is 8.37. The van der Waals surface area contributed by atoms with Crippen LogP contribution in [0, 0.1) is 0 Å². The second-order valence-corrected chi connectivity index (χ2v) is 11.3. The van der Waals surface area contributed by atoms with E-state index in [1.54, 1.807) is 52.7 Å². The lowest BCUT2D eigenvalue weighted by Crippen LogP contribution is -2.26. The SMILES string of the molecule is O=C(NCCc1ccc(Cl)cc1Cl)c1csc(CSc2nnc(-c3ccncc3)n2-c2cccc(C(F)(F)F)c2)n1. The number of nitrogens with zero attached hydrogens (tertiary/aromatic N) is 5. The van der Waals surface area contributed by atoms with Gasteiger partial charge in [0.2, 0.25) is 0 Å². The number of benzene rings is 2. The van der Waals surface area contributed by atoms with Gasteiger partial charge in [-0.05, 0) is 54.4 Å². The van der Waals surface area contributed by atoms with Crippen LogP contribution in [0.2, 0.25) is 10.0 Å². The number of hydrogen-bond donors (Lipinski definition) is 1. The van der Waals surface area contributed by atoms with E-state index in [0.29, 0.717) is 50.3 Å². The summed E-state index contributed by atoms with van der Waals surface area (Å²) in [6, 6.07) is 13.6. The van der Waals surface area contributed by atoms with E-state index in [9.17, 15) is 18.0 Å². The summed E-state index contributed by atoms with van der Waals surface area (Å²) in [6.07, 6.45) is -0.842. The Morgan fingerprint density at radius 3 is 2.61 bits per heavy atom. The van der Waals surface area contributed by atoms with Gasteiger partial charge in [-0.25, -0.2) is 4.98 Å². The van der Waals surface area contributed by atoms with Crippen LogP contribution in [0.15, 0.2) is 77.5 Å². The van der Waals surface area contributed by atoms with Crippen molar-refractivity contribution in [2.24, 2.45) is 0 Å². The molecule has 0 bridgehead atoms. The highest BCUT2D eigenvalue weighted by atomic mass is 35.5. The fraction of sp³-hybridized carbons (Fsp3) is 0.148. The first-order valence-electron chi connectivity index (χ1n) is 12.0. The number of halogens is 5. The number of rotatable bonds is 9. The van der Waals surface area contributed by atoms with E-state index in [2.05, 4.69) is 25.5 Å². The molecule has 0 radical (unpaired) electrons. The maximum atomic E-state index is 13.5. The van der Waals surface area contributed by atoms with E-state index >= 15 is 0 Å². The number of carbonyl (C=O) groups is 1. The minimum Gasteiger partial charge on any atom is -0.350 e. The molecule has 0 aliphatic heterocycles. The first kappa shape index (κ1) is 29.1. The Morgan fingerprint density at radius 2 is 1.85 bits per heavy atom. The summed E-state index contributed by atoms with van der Waals surface area (Å²) < 4.78 is 42.0. The average Bonchev–Trinajstić information content (AvgIpc) is 3.61. The molecule has 3 heterocycles. The van der Waals surface area contributed by atoms with Gasteiger partial charge in [0, 0.05) is 39.9 Å². The highest BCUT2D eigenvalue weighted by molar-refractivity contribution is 7.98. The minimum absolute atomic E-state index is 0.263. The predicted octanol–water partition coefficient (Wildman–Crippen LogP) is 7.38. The highest BCUT2D eigenvalue weighted by Crippen LogP contribution is 2.34. The monoisotopic (exact) mass is 634 g/mol. The van der Waals surface area contributed by atoms with Crippen LogP contribution >= 0.6 is 46.3 Å². The van der Waals surface area contributed by atoms with Crippen molar-refractivity contribution in [2.75, 3.05) is 6.54 Å². The van der Waals surface area contributed by atoms with Gasteiger partial charge in [0.1, 0.15) is 10.7 Å². The summed E-state index contributed by atoms with van der Waals surface area (Å²) in [5.74, 6) is 0.370. The van der Waals surface area contributed by atoms with Crippen LogP contribution in [0.25, 0.3) is 17.1 Å². The molecule has 2 aromatic carbocycles. The van der Waals surface area contributed by atoms with E-state index < -0.39 is 11.7 Å². The third-order valence-electron chi connectivity index (χ3n) is 5.81. The molecule has 0 saturated carbocycles. The van der Waals surface area contributed by atoms with Crippen LogP contribution in [0.5, 0.6) is 0 Å². The van der Waals surface area contributed by atoms with Crippen LogP contribution in [-0.4, -0.2) is 37.2 Å². The van der Waals surface area contributed by atoms with Crippen molar-refractivity contribution in [3.8, 4) is 17.1 Å². The molecule has 7 nitrogen and oxygen atoms in total. The van der Waals surface area contributed by atoms with Crippen molar-refractivity contribution in [1.82, 2.24) is 30.0 Å². The molecular formula is C27H19Cl2F3N6OS2. The molecule has 210 valence electrons. The molecule has 5 aromatic rings. The van der Waals surface area contributed by atoms with Gasteiger partial charge in [0.15, 0.2) is 11.0 Å². The summed E-state index contributed by atoms with van der Waals surface area (Å²) in [5.41, 5.74) is 1.26. The fourth-order valence-corrected chi connectivity index (χ4v) is 6.09. The average molecular weight is 636 g/mol. The number of alkyl halides is 3. The van der Waals surface area contributed by atoms with Gasteiger partial charge in [0.05, 0.1) is 17.0 Å². The van der Waals surface area contributed by atoms with Crippen molar-refractivity contribution in [3.05, 3.63) is 104 Å². The highest BCUT2D eigenvalue weighted by Gasteiger charge is 2.31. The second-order valence-electron chi connectivity index (χ2n) is 8.58. The Kier molecular flexibility index (Phi) is 8.93. The normalized spacial score (nSPS) is 11.5. The lowest BCUT2D eigenvalue weighted by molar-refractivity contribution is -0.137. The van der Waals surface area contributed by atoms with E-state index in [-0.39, 0.29) is 17.3 Å². The van der Waals surface area contributed by atoms with Crippen molar-refractivity contribution < 1.29 is 18.0 Å². The van der Waals surface area contributed by atoms with Gasteiger partial charge in [-0.3, -0.25) is 14.3 Å². The summed E-state index contributed by atoms with van der Waals surface area (Å²) in [5, 5.41) is 15.1. The van der Waals surface area contributed by atoms with Gasteiger partial charge in [-0.2, -0.15) is 13.2 Å². The van der Waals surface area contributed by atoms with Crippen molar-refractivity contribution in [1.29, 1.82) is 0 Å². The third kappa shape index (κ3) is 7.07. The molecule has 0 aliphatic rings. The zero-order valence-corrected chi connectivity index (χ0v) is 24.0. The number of aromatic nitrogens is 5. The fourth-order valence-electron chi connectivity index (χ4n) is 3.84. The molecule has 0 unspecified atom stereocenters. The van der Waals surface area contributed by atoms with E-state index in [0.717, 1.165) is 17.7 Å². The molecule has 0 spiro atoms. The maximum Gasteiger partial charge on any atom is 0.416 e. The summed E-state index contributed by atoms with van der Waals surface area (Å²) in [7, 11) is 0. The van der Waals surface area contributed by atoms with Crippen molar-refractivity contribution in [3.63, 3.8) is 0 Å². The molecule has 3 aromatic heterocycles. The molecule has 5 rings (SSSR count). The predicted molar refractivity (Wildman–Crippen MR) is 154 cm³/mol. The Morgan fingerprint density at radius 1 is 1.05 bits per heavy atom. The number of amides is 1. The van der Waals surface area contributed by atoms with Crippen LogP contribution in [0.3, 0.4) is 0 Å². The number of thiazole rings is 1. The lowest BCUT2D eigenvalue weighted by atomic mass is 10.1. The van der Waals surface area contributed by atoms with Crippen LogP contribution in [0.4, 0.5) is 13.2 Å². The Balaban J connectivity index is 1.30. The van der Waals surface area contributed by atoms with Gasteiger partial charge in [-0.1, -0.05) is 47.1 Å². The Bertz CT molecular complexity index is 1680. The van der Waals surface area contributed by atoms with E-state index in [4.69, 9.17) is 23.2 Å². The Labute approximate surface area is 250 Å². The van der Waals surface area contributed by atoms with Crippen molar-refractivity contribution >= 4 is 52.2 Å². The number of pyridine rings is 1. The zero-order valence-electron chi connectivity index (χ0n) is 20.9. The number of carbonyl (C=O) groups excluding carboxylic acids is 1. The van der Waals surface area contributed by atoms with Gasteiger partial charge >= 0.3 is 6.18 Å². The second kappa shape index (κ2) is 12.6. The van der Waals surface area contributed by atoms with Crippen LogP contribution < -0.4 is 5.32 Å². The van der Waals surface area contributed by atoms with Gasteiger partial charge < -0.3 is 5.32 Å². The van der Waals surface area contributed by atoms with Crippen LogP contribution in [0.1, 0.15) is 26.6 Å². The summed E-state index contributed by atoms with van der Waals surface area (Å²) in [6.45, 7) is 0.361. The molecule has 41 heavy (non-hydrogen) atoms. The molecule has 0 saturated heterocycles. The largest absolute Gasteiger partial charge is 0.416 e. The molecular weight excluding hydrogens is 616 g/mol.